The Bertz CT molecular complexity index is 947. The van der Waals surface area contributed by atoms with E-state index >= 15 is 0 Å². The summed E-state index contributed by atoms with van der Waals surface area (Å²) in [5.74, 6) is -0.0502. The zero-order valence-electron chi connectivity index (χ0n) is 15.8. The predicted molar refractivity (Wildman–Crippen MR) is 109 cm³/mol. The molecule has 28 heavy (non-hydrogen) atoms. The van der Waals surface area contributed by atoms with Gasteiger partial charge in [-0.1, -0.05) is 41.9 Å². The van der Waals surface area contributed by atoms with Crippen molar-refractivity contribution in [2.45, 2.75) is 13.5 Å². The van der Waals surface area contributed by atoms with Gasteiger partial charge in [-0.2, -0.15) is 9.90 Å². The lowest BCUT2D eigenvalue weighted by Gasteiger charge is -2.34. The molecule has 3 aromatic rings. The maximum absolute atomic E-state index is 12.9. The van der Waals surface area contributed by atoms with Gasteiger partial charge in [-0.15, -0.1) is 5.10 Å². The number of carbonyl (C=O) groups excluding carboxylic acids is 1. The second-order valence-corrected chi connectivity index (χ2v) is 7.39. The molecule has 1 aliphatic rings. The van der Waals surface area contributed by atoms with Crippen LogP contribution in [0.2, 0.25) is 5.02 Å². The van der Waals surface area contributed by atoms with Gasteiger partial charge in [0.2, 0.25) is 0 Å². The molecule has 1 aliphatic heterocycles. The molecule has 2 heterocycles. The van der Waals surface area contributed by atoms with E-state index in [1.807, 2.05) is 66.4 Å². The Morgan fingerprint density at radius 1 is 0.964 bits per heavy atom. The third kappa shape index (κ3) is 4.08. The van der Waals surface area contributed by atoms with Crippen LogP contribution >= 0.6 is 11.6 Å². The highest BCUT2D eigenvalue weighted by Gasteiger charge is 2.26. The molecular weight excluding hydrogens is 374 g/mol. The molecule has 6 nitrogen and oxygen atoms in total. The van der Waals surface area contributed by atoms with E-state index in [1.54, 1.807) is 0 Å². The number of rotatable bonds is 4. The standard InChI is InChI=1S/C21H22ClN5O/c1-16-20(24-27(23-16)19-5-3-2-4-6-19)21(28)26-13-11-25(12-14-26)15-17-7-9-18(22)10-8-17/h2-10H,11-15H2,1H3. The van der Waals surface area contributed by atoms with Gasteiger partial charge in [-0.3, -0.25) is 9.69 Å². The first-order valence-corrected chi connectivity index (χ1v) is 9.73. The number of aryl methyl sites for hydroxylation is 1. The summed E-state index contributed by atoms with van der Waals surface area (Å²) >= 11 is 5.95. The van der Waals surface area contributed by atoms with Gasteiger partial charge in [0.25, 0.3) is 5.91 Å². The van der Waals surface area contributed by atoms with Crippen molar-refractivity contribution in [2.24, 2.45) is 0 Å². The highest BCUT2D eigenvalue weighted by molar-refractivity contribution is 6.30. The molecule has 0 spiro atoms. The molecule has 1 fully saturated rings. The van der Waals surface area contributed by atoms with E-state index in [9.17, 15) is 4.79 Å². The first kappa shape index (κ1) is 18.7. The number of piperazine rings is 1. The molecule has 4 rings (SSSR count). The SMILES string of the molecule is Cc1nn(-c2ccccc2)nc1C(=O)N1CCN(Cc2ccc(Cl)cc2)CC1. The molecule has 1 amide bonds. The number of carbonyl (C=O) groups is 1. The summed E-state index contributed by atoms with van der Waals surface area (Å²) in [6.45, 7) is 5.73. The van der Waals surface area contributed by atoms with E-state index in [1.165, 1.54) is 10.4 Å². The Hall–Kier alpha value is -2.70. The fourth-order valence-corrected chi connectivity index (χ4v) is 3.49. The molecule has 2 aromatic carbocycles. The smallest absolute Gasteiger partial charge is 0.276 e. The highest BCUT2D eigenvalue weighted by Crippen LogP contribution is 2.15. The number of nitrogens with zero attached hydrogens (tertiary/aromatic N) is 5. The summed E-state index contributed by atoms with van der Waals surface area (Å²) in [5.41, 5.74) is 3.15. The normalized spacial score (nSPS) is 15.0. The summed E-state index contributed by atoms with van der Waals surface area (Å²) < 4.78 is 0. The molecule has 1 saturated heterocycles. The minimum absolute atomic E-state index is 0.0502. The Morgan fingerprint density at radius 3 is 2.32 bits per heavy atom. The maximum Gasteiger partial charge on any atom is 0.276 e. The quantitative estimate of drug-likeness (QED) is 0.680. The maximum atomic E-state index is 12.9. The molecule has 1 aromatic heterocycles. The number of benzene rings is 2. The van der Waals surface area contributed by atoms with Gasteiger partial charge in [0.05, 0.1) is 11.4 Å². The minimum atomic E-state index is -0.0502. The first-order chi connectivity index (χ1) is 13.6. The summed E-state index contributed by atoms with van der Waals surface area (Å²) in [6, 6.07) is 17.5. The third-order valence-electron chi connectivity index (χ3n) is 4.95. The molecule has 0 unspecified atom stereocenters. The fourth-order valence-electron chi connectivity index (χ4n) is 3.36. The van der Waals surface area contributed by atoms with Crippen LogP contribution in [0, 0.1) is 6.92 Å². The second-order valence-electron chi connectivity index (χ2n) is 6.95. The Kier molecular flexibility index (Phi) is 5.41. The second kappa shape index (κ2) is 8.12. The monoisotopic (exact) mass is 395 g/mol. The topological polar surface area (TPSA) is 54.3 Å². The molecular formula is C21H22ClN5O. The number of halogens is 1. The van der Waals surface area contributed by atoms with Crippen molar-refractivity contribution in [1.82, 2.24) is 24.8 Å². The summed E-state index contributed by atoms with van der Waals surface area (Å²) in [7, 11) is 0. The number of hydrogen-bond acceptors (Lipinski definition) is 4. The van der Waals surface area contributed by atoms with Crippen LogP contribution in [0.4, 0.5) is 0 Å². The zero-order chi connectivity index (χ0) is 19.5. The Morgan fingerprint density at radius 2 is 1.64 bits per heavy atom. The van der Waals surface area contributed by atoms with E-state index in [0.717, 1.165) is 30.3 Å². The zero-order valence-corrected chi connectivity index (χ0v) is 16.5. The molecule has 0 bridgehead atoms. The van der Waals surface area contributed by atoms with Crippen molar-refractivity contribution in [3.8, 4) is 5.69 Å². The van der Waals surface area contributed by atoms with Crippen LogP contribution in [0.3, 0.4) is 0 Å². The Labute approximate surface area is 169 Å². The lowest BCUT2D eigenvalue weighted by Crippen LogP contribution is -2.48. The molecule has 0 saturated carbocycles. The predicted octanol–water partition coefficient (Wildman–Crippen LogP) is 3.19. The minimum Gasteiger partial charge on any atom is -0.335 e. The van der Waals surface area contributed by atoms with Crippen LogP contribution < -0.4 is 0 Å². The van der Waals surface area contributed by atoms with Gasteiger partial charge in [0.15, 0.2) is 5.69 Å². The largest absolute Gasteiger partial charge is 0.335 e. The van der Waals surface area contributed by atoms with E-state index in [4.69, 9.17) is 11.6 Å². The average Bonchev–Trinajstić information content (AvgIpc) is 3.12. The van der Waals surface area contributed by atoms with Crippen molar-refractivity contribution in [1.29, 1.82) is 0 Å². The van der Waals surface area contributed by atoms with Crippen molar-refractivity contribution in [2.75, 3.05) is 26.2 Å². The van der Waals surface area contributed by atoms with Gasteiger partial charge >= 0.3 is 0 Å². The van der Waals surface area contributed by atoms with Gasteiger partial charge in [0.1, 0.15) is 0 Å². The molecule has 0 N–H and O–H groups in total. The van der Waals surface area contributed by atoms with Crippen LogP contribution in [0.15, 0.2) is 54.6 Å². The summed E-state index contributed by atoms with van der Waals surface area (Å²) in [5, 5.41) is 9.60. The van der Waals surface area contributed by atoms with Crippen molar-refractivity contribution in [3.63, 3.8) is 0 Å². The summed E-state index contributed by atoms with van der Waals surface area (Å²) in [4.78, 5) is 18.7. The van der Waals surface area contributed by atoms with Crippen LogP contribution in [0.5, 0.6) is 0 Å². The van der Waals surface area contributed by atoms with Gasteiger partial charge in [0, 0.05) is 37.7 Å². The molecule has 0 atom stereocenters. The van der Waals surface area contributed by atoms with Crippen LogP contribution in [-0.4, -0.2) is 56.9 Å². The van der Waals surface area contributed by atoms with E-state index in [0.29, 0.717) is 24.5 Å². The van der Waals surface area contributed by atoms with Crippen LogP contribution in [0.1, 0.15) is 21.7 Å². The molecule has 144 valence electrons. The first-order valence-electron chi connectivity index (χ1n) is 9.35. The number of para-hydroxylation sites is 1. The average molecular weight is 396 g/mol. The lowest BCUT2D eigenvalue weighted by molar-refractivity contribution is 0.0621. The van der Waals surface area contributed by atoms with E-state index in [-0.39, 0.29) is 5.91 Å². The number of aromatic nitrogens is 3. The van der Waals surface area contributed by atoms with Crippen molar-refractivity contribution >= 4 is 17.5 Å². The number of hydrogen-bond donors (Lipinski definition) is 0. The lowest BCUT2D eigenvalue weighted by atomic mass is 10.2. The van der Waals surface area contributed by atoms with Crippen LogP contribution in [0.25, 0.3) is 5.69 Å². The van der Waals surface area contributed by atoms with E-state index in [2.05, 4.69) is 15.1 Å². The van der Waals surface area contributed by atoms with Crippen molar-refractivity contribution < 1.29 is 4.79 Å². The molecule has 0 aliphatic carbocycles. The molecule has 7 heteroatoms. The van der Waals surface area contributed by atoms with Gasteiger partial charge in [-0.05, 0) is 36.8 Å². The van der Waals surface area contributed by atoms with Crippen molar-refractivity contribution in [3.05, 3.63) is 76.6 Å². The third-order valence-corrected chi connectivity index (χ3v) is 5.20. The Balaban J connectivity index is 1.39. The van der Waals surface area contributed by atoms with Gasteiger partial charge < -0.3 is 4.90 Å². The van der Waals surface area contributed by atoms with Gasteiger partial charge in [-0.25, -0.2) is 0 Å². The molecule has 0 radical (unpaired) electrons. The fraction of sp³-hybridized carbons (Fsp3) is 0.286. The van der Waals surface area contributed by atoms with E-state index < -0.39 is 0 Å². The van der Waals surface area contributed by atoms with Crippen LogP contribution in [-0.2, 0) is 6.54 Å². The highest BCUT2D eigenvalue weighted by atomic mass is 35.5. The number of amides is 1. The summed E-state index contributed by atoms with van der Waals surface area (Å²) in [6.07, 6.45) is 0.